The Hall–Kier alpha value is -0.690. The van der Waals surface area contributed by atoms with Gasteiger partial charge >= 0.3 is 0 Å². The predicted molar refractivity (Wildman–Crippen MR) is 53.1 cm³/mol. The Bertz CT molecular complexity index is 212. The SMILES string of the molecule is NC1(C(=O)NC(CO)CO)CCOCC1. The van der Waals surface area contributed by atoms with Crippen molar-refractivity contribution in [2.24, 2.45) is 5.73 Å². The van der Waals surface area contributed by atoms with Gasteiger partial charge in [0, 0.05) is 13.2 Å². The summed E-state index contributed by atoms with van der Waals surface area (Å²) in [6.45, 7) is 0.337. The van der Waals surface area contributed by atoms with Gasteiger partial charge in [-0.3, -0.25) is 4.79 Å². The molecule has 1 heterocycles. The van der Waals surface area contributed by atoms with E-state index in [0.29, 0.717) is 26.1 Å². The third-order valence-corrected chi connectivity index (χ3v) is 2.61. The van der Waals surface area contributed by atoms with Gasteiger partial charge in [0.15, 0.2) is 0 Å². The van der Waals surface area contributed by atoms with E-state index in [9.17, 15) is 4.79 Å². The summed E-state index contributed by atoms with van der Waals surface area (Å²) < 4.78 is 5.11. The lowest BCUT2D eigenvalue weighted by Crippen LogP contribution is -2.59. The molecule has 0 bridgehead atoms. The number of hydrogen-bond acceptors (Lipinski definition) is 5. The molecule has 15 heavy (non-hydrogen) atoms. The molecule has 6 nitrogen and oxygen atoms in total. The number of amides is 1. The summed E-state index contributed by atoms with van der Waals surface area (Å²) in [4.78, 5) is 11.7. The lowest BCUT2D eigenvalue weighted by atomic mass is 9.90. The molecule has 0 spiro atoms. The zero-order valence-electron chi connectivity index (χ0n) is 8.61. The Labute approximate surface area is 88.4 Å². The van der Waals surface area contributed by atoms with Crippen molar-refractivity contribution < 1.29 is 19.7 Å². The standard InChI is InChI=1S/C9H18N2O4/c10-9(1-3-15-4-2-9)8(14)11-7(5-12)6-13/h7,12-13H,1-6,10H2,(H,11,14). The summed E-state index contributed by atoms with van der Waals surface area (Å²) in [6, 6.07) is -0.638. The Kier molecular flexibility index (Phi) is 4.46. The smallest absolute Gasteiger partial charge is 0.240 e. The summed E-state index contributed by atoms with van der Waals surface area (Å²) in [5, 5.41) is 20.1. The van der Waals surface area contributed by atoms with E-state index in [2.05, 4.69) is 5.32 Å². The second-order valence-electron chi connectivity index (χ2n) is 3.80. The summed E-state index contributed by atoms with van der Waals surface area (Å²) in [5.41, 5.74) is 4.98. The molecule has 5 N–H and O–H groups in total. The third kappa shape index (κ3) is 3.13. The number of rotatable bonds is 4. The number of aliphatic hydroxyl groups is 2. The number of nitrogens with one attached hydrogen (secondary N) is 1. The van der Waals surface area contributed by atoms with Gasteiger partial charge in [-0.1, -0.05) is 0 Å². The van der Waals surface area contributed by atoms with E-state index in [4.69, 9.17) is 20.7 Å². The molecule has 0 saturated carbocycles. The van der Waals surface area contributed by atoms with Gasteiger partial charge in [-0.25, -0.2) is 0 Å². The van der Waals surface area contributed by atoms with Crippen LogP contribution < -0.4 is 11.1 Å². The van der Waals surface area contributed by atoms with Crippen LogP contribution in [0.2, 0.25) is 0 Å². The minimum Gasteiger partial charge on any atom is -0.394 e. The highest BCUT2D eigenvalue weighted by atomic mass is 16.5. The summed E-state index contributed by atoms with van der Waals surface area (Å²) >= 11 is 0. The number of hydrogen-bond donors (Lipinski definition) is 4. The highest BCUT2D eigenvalue weighted by molar-refractivity contribution is 5.86. The molecule has 1 rings (SSSR count). The van der Waals surface area contributed by atoms with E-state index in [-0.39, 0.29) is 19.1 Å². The van der Waals surface area contributed by atoms with Crippen molar-refractivity contribution in [2.45, 2.75) is 24.4 Å². The molecular formula is C9H18N2O4. The molecule has 0 aromatic heterocycles. The van der Waals surface area contributed by atoms with Crippen LogP contribution in [-0.2, 0) is 9.53 Å². The fourth-order valence-corrected chi connectivity index (χ4v) is 1.44. The Balaban J connectivity index is 2.50. The number of nitrogens with two attached hydrogens (primary N) is 1. The molecule has 1 fully saturated rings. The number of carbonyl (C=O) groups excluding carboxylic acids is 1. The van der Waals surface area contributed by atoms with E-state index < -0.39 is 11.6 Å². The minimum absolute atomic E-state index is 0.297. The van der Waals surface area contributed by atoms with Gasteiger partial charge in [0.2, 0.25) is 5.91 Å². The van der Waals surface area contributed by atoms with Crippen molar-refractivity contribution in [1.82, 2.24) is 5.32 Å². The molecule has 0 atom stereocenters. The highest BCUT2D eigenvalue weighted by Crippen LogP contribution is 2.17. The van der Waals surface area contributed by atoms with Gasteiger partial charge in [0.1, 0.15) is 0 Å². The molecule has 1 amide bonds. The van der Waals surface area contributed by atoms with Crippen molar-refractivity contribution in [3.05, 3.63) is 0 Å². The molecule has 1 saturated heterocycles. The summed E-state index contributed by atoms with van der Waals surface area (Å²) in [5.74, 6) is -0.334. The maximum absolute atomic E-state index is 11.7. The van der Waals surface area contributed by atoms with E-state index in [1.165, 1.54) is 0 Å². The van der Waals surface area contributed by atoms with Crippen molar-refractivity contribution in [1.29, 1.82) is 0 Å². The fraction of sp³-hybridized carbons (Fsp3) is 0.889. The molecule has 88 valence electrons. The second kappa shape index (κ2) is 5.41. The molecule has 6 heteroatoms. The van der Waals surface area contributed by atoms with E-state index in [0.717, 1.165) is 0 Å². The van der Waals surface area contributed by atoms with Crippen LogP contribution in [0.15, 0.2) is 0 Å². The van der Waals surface area contributed by atoms with Gasteiger partial charge in [-0.15, -0.1) is 0 Å². The van der Waals surface area contributed by atoms with Gasteiger partial charge in [-0.05, 0) is 12.8 Å². The quantitative estimate of drug-likeness (QED) is 0.435. The lowest BCUT2D eigenvalue weighted by Gasteiger charge is -2.32. The topological polar surface area (TPSA) is 105 Å². The Morgan fingerprint density at radius 1 is 1.40 bits per heavy atom. The zero-order valence-corrected chi connectivity index (χ0v) is 8.61. The number of carbonyl (C=O) groups is 1. The average molecular weight is 218 g/mol. The van der Waals surface area contributed by atoms with Crippen molar-refractivity contribution in [2.75, 3.05) is 26.4 Å². The third-order valence-electron chi connectivity index (χ3n) is 2.61. The van der Waals surface area contributed by atoms with Crippen LogP contribution in [0.5, 0.6) is 0 Å². The minimum atomic E-state index is -0.930. The lowest BCUT2D eigenvalue weighted by molar-refractivity contribution is -0.131. The first-order chi connectivity index (χ1) is 7.12. The van der Waals surface area contributed by atoms with Gasteiger partial charge < -0.3 is 26.0 Å². The first-order valence-corrected chi connectivity index (χ1v) is 5.01. The maximum Gasteiger partial charge on any atom is 0.240 e. The molecule has 0 aromatic carbocycles. The van der Waals surface area contributed by atoms with Crippen LogP contribution in [-0.4, -0.2) is 54.1 Å². The number of aliphatic hydroxyl groups excluding tert-OH is 2. The summed E-state index contributed by atoms with van der Waals surface area (Å²) in [7, 11) is 0. The van der Waals surface area contributed by atoms with Crippen LogP contribution in [0.3, 0.4) is 0 Å². The van der Waals surface area contributed by atoms with Crippen LogP contribution >= 0.6 is 0 Å². The van der Waals surface area contributed by atoms with Crippen molar-refractivity contribution >= 4 is 5.91 Å². The molecule has 1 aliphatic rings. The first kappa shape index (κ1) is 12.4. The van der Waals surface area contributed by atoms with Gasteiger partial charge in [0.05, 0.1) is 24.8 Å². The molecule has 0 unspecified atom stereocenters. The van der Waals surface area contributed by atoms with Crippen LogP contribution in [0.4, 0.5) is 0 Å². The summed E-state index contributed by atoms with van der Waals surface area (Å²) in [6.07, 6.45) is 0.921. The average Bonchev–Trinajstić information content (AvgIpc) is 2.26. The number of ether oxygens (including phenoxy) is 1. The zero-order chi connectivity index (χ0) is 11.3. The van der Waals surface area contributed by atoms with E-state index in [1.807, 2.05) is 0 Å². The van der Waals surface area contributed by atoms with Gasteiger partial charge in [0.25, 0.3) is 0 Å². The van der Waals surface area contributed by atoms with E-state index >= 15 is 0 Å². The van der Waals surface area contributed by atoms with Crippen molar-refractivity contribution in [3.63, 3.8) is 0 Å². The van der Waals surface area contributed by atoms with Crippen LogP contribution in [0.1, 0.15) is 12.8 Å². The van der Waals surface area contributed by atoms with Gasteiger partial charge in [-0.2, -0.15) is 0 Å². The Morgan fingerprint density at radius 2 is 1.93 bits per heavy atom. The maximum atomic E-state index is 11.7. The molecule has 1 aliphatic heterocycles. The predicted octanol–water partition coefficient (Wildman–Crippen LogP) is -2.04. The molecular weight excluding hydrogens is 200 g/mol. The molecule has 0 aromatic rings. The molecule has 0 radical (unpaired) electrons. The molecule has 0 aliphatic carbocycles. The van der Waals surface area contributed by atoms with Crippen LogP contribution in [0.25, 0.3) is 0 Å². The normalized spacial score (nSPS) is 20.3. The van der Waals surface area contributed by atoms with Crippen molar-refractivity contribution in [3.8, 4) is 0 Å². The van der Waals surface area contributed by atoms with Crippen LogP contribution in [0, 0.1) is 0 Å². The highest BCUT2D eigenvalue weighted by Gasteiger charge is 2.36. The van der Waals surface area contributed by atoms with E-state index in [1.54, 1.807) is 0 Å². The monoisotopic (exact) mass is 218 g/mol. The fourth-order valence-electron chi connectivity index (χ4n) is 1.44. The first-order valence-electron chi connectivity index (χ1n) is 5.01. The largest absolute Gasteiger partial charge is 0.394 e. The second-order valence-corrected chi connectivity index (χ2v) is 3.80. The Morgan fingerprint density at radius 3 is 2.40 bits per heavy atom.